The molecule has 1 aliphatic rings. The maximum absolute atomic E-state index is 13.8. The van der Waals surface area contributed by atoms with Gasteiger partial charge in [0.05, 0.1) is 16.3 Å². The molecule has 2 atom stereocenters. The predicted octanol–water partition coefficient (Wildman–Crippen LogP) is 5.67. The number of alkyl halides is 1. The minimum atomic E-state index is -0.571. The molecule has 1 N–H and O–H groups in total. The number of ether oxygens (including phenoxy) is 1. The van der Waals surface area contributed by atoms with E-state index in [0.717, 1.165) is 12.0 Å². The summed E-state index contributed by atoms with van der Waals surface area (Å²) < 4.78 is 5.77. The van der Waals surface area contributed by atoms with Gasteiger partial charge in [-0.2, -0.15) is 0 Å². The maximum Gasteiger partial charge on any atom is 0.259 e. The second kappa shape index (κ2) is 12.7. The third kappa shape index (κ3) is 6.58. The van der Waals surface area contributed by atoms with E-state index in [-0.39, 0.29) is 30.4 Å². The number of likely N-dealkylation sites (N-methyl/N-ethyl adjacent to an activating group) is 1. The van der Waals surface area contributed by atoms with Gasteiger partial charge in [0.1, 0.15) is 11.3 Å². The van der Waals surface area contributed by atoms with E-state index in [1.807, 2.05) is 26.2 Å². The molecule has 0 radical (unpaired) electrons. The van der Waals surface area contributed by atoms with Crippen LogP contribution < -0.4 is 15.0 Å². The zero-order valence-corrected chi connectivity index (χ0v) is 24.4. The van der Waals surface area contributed by atoms with Crippen molar-refractivity contribution < 1.29 is 19.1 Å². The van der Waals surface area contributed by atoms with Crippen molar-refractivity contribution >= 4 is 52.3 Å². The SMILES string of the molecule is CN(C)C(=O)COc1ccc2c(c1)C(N(C)C)CCC(Cl)N2C(=O)c1ccc(NC(=O)c2ccccc2Cl)cc1. The van der Waals surface area contributed by atoms with E-state index in [1.54, 1.807) is 73.6 Å². The number of fused-ring (bicyclic) bond motifs is 1. The maximum atomic E-state index is 13.8. The highest BCUT2D eigenvalue weighted by Crippen LogP contribution is 2.41. The van der Waals surface area contributed by atoms with Crippen LogP contribution in [0.4, 0.5) is 11.4 Å². The first-order valence-electron chi connectivity index (χ1n) is 12.8. The lowest BCUT2D eigenvalue weighted by atomic mass is 10.00. The smallest absolute Gasteiger partial charge is 0.259 e. The first kappa shape index (κ1) is 29.4. The fraction of sp³-hybridized carbons (Fsp3) is 0.300. The molecular formula is C30H32Cl2N4O4. The molecule has 0 saturated carbocycles. The normalized spacial score (nSPS) is 16.6. The van der Waals surface area contributed by atoms with Crippen molar-refractivity contribution in [1.82, 2.24) is 9.80 Å². The van der Waals surface area contributed by atoms with Gasteiger partial charge in [-0.15, -0.1) is 0 Å². The second-order valence-corrected chi connectivity index (χ2v) is 10.9. The number of nitrogens with zero attached hydrogens (tertiary/aromatic N) is 3. The minimum absolute atomic E-state index is 0.00968. The Morgan fingerprint density at radius 2 is 1.68 bits per heavy atom. The van der Waals surface area contributed by atoms with Crippen LogP contribution in [0.1, 0.15) is 45.2 Å². The lowest BCUT2D eigenvalue weighted by Gasteiger charge is -2.29. The number of hydrogen-bond acceptors (Lipinski definition) is 5. The van der Waals surface area contributed by atoms with E-state index in [2.05, 4.69) is 10.2 Å². The summed E-state index contributed by atoms with van der Waals surface area (Å²) in [5, 5.41) is 3.16. The quantitative estimate of drug-likeness (QED) is 0.287. The number of carbonyl (C=O) groups excluding carboxylic acids is 3. The number of carbonyl (C=O) groups is 3. The fourth-order valence-electron chi connectivity index (χ4n) is 4.57. The molecule has 3 amide bonds. The van der Waals surface area contributed by atoms with Crippen molar-refractivity contribution in [2.24, 2.45) is 0 Å². The highest BCUT2D eigenvalue weighted by atomic mass is 35.5. The first-order chi connectivity index (χ1) is 19.1. The Bertz CT molecular complexity index is 1390. The number of hydrogen-bond donors (Lipinski definition) is 1. The molecule has 3 aromatic carbocycles. The van der Waals surface area contributed by atoms with E-state index < -0.39 is 5.50 Å². The molecule has 3 aromatic rings. The Morgan fingerprint density at radius 3 is 2.33 bits per heavy atom. The van der Waals surface area contributed by atoms with Gasteiger partial charge in [0.25, 0.3) is 17.7 Å². The molecule has 2 unspecified atom stereocenters. The van der Waals surface area contributed by atoms with E-state index in [4.69, 9.17) is 27.9 Å². The Morgan fingerprint density at radius 1 is 0.975 bits per heavy atom. The van der Waals surface area contributed by atoms with Crippen molar-refractivity contribution in [3.05, 3.63) is 88.4 Å². The third-order valence-corrected chi connectivity index (χ3v) is 7.53. The van der Waals surface area contributed by atoms with Gasteiger partial charge in [-0.1, -0.05) is 35.3 Å². The summed E-state index contributed by atoms with van der Waals surface area (Å²) in [6.45, 7) is -0.0848. The number of anilines is 2. The Balaban J connectivity index is 1.59. The van der Waals surface area contributed by atoms with E-state index in [0.29, 0.717) is 39.7 Å². The zero-order valence-electron chi connectivity index (χ0n) is 22.9. The number of amides is 3. The number of benzene rings is 3. The molecule has 0 aliphatic carbocycles. The molecule has 40 heavy (non-hydrogen) atoms. The fourth-order valence-corrected chi connectivity index (χ4v) is 5.11. The standard InChI is InChI=1S/C30H32Cl2N4O4/c1-34(2)25-15-16-27(32)36(26-14-13-21(17-23(25)26)40-18-28(37)35(3)4)30(39)19-9-11-20(12-10-19)33-29(38)22-7-5-6-8-24(22)31/h5-14,17,25,27H,15-16,18H2,1-4H3,(H,33,38). The van der Waals surface area contributed by atoms with Crippen molar-refractivity contribution in [3.63, 3.8) is 0 Å². The molecule has 0 bridgehead atoms. The lowest BCUT2D eigenvalue weighted by Crippen LogP contribution is -2.37. The molecule has 210 valence electrons. The van der Waals surface area contributed by atoms with Crippen molar-refractivity contribution in [1.29, 1.82) is 0 Å². The van der Waals surface area contributed by atoms with Crippen LogP contribution in [0, 0.1) is 0 Å². The topological polar surface area (TPSA) is 82.2 Å². The van der Waals surface area contributed by atoms with E-state index in [1.165, 1.54) is 4.90 Å². The largest absolute Gasteiger partial charge is 0.484 e. The molecule has 0 fully saturated rings. The van der Waals surface area contributed by atoms with Crippen LogP contribution in [-0.2, 0) is 4.79 Å². The highest BCUT2D eigenvalue weighted by Gasteiger charge is 2.34. The van der Waals surface area contributed by atoms with Gasteiger partial charge >= 0.3 is 0 Å². The number of halogens is 2. The predicted molar refractivity (Wildman–Crippen MR) is 159 cm³/mol. The molecule has 1 heterocycles. The minimum Gasteiger partial charge on any atom is -0.484 e. The van der Waals surface area contributed by atoms with Crippen molar-refractivity contribution in [2.75, 3.05) is 45.0 Å². The van der Waals surface area contributed by atoms with Crippen LogP contribution in [0.25, 0.3) is 0 Å². The van der Waals surface area contributed by atoms with Gasteiger partial charge in [-0.3, -0.25) is 19.3 Å². The van der Waals surface area contributed by atoms with E-state index in [9.17, 15) is 14.4 Å². The molecule has 10 heteroatoms. The molecule has 4 rings (SSSR count). The summed E-state index contributed by atoms with van der Waals surface area (Å²) in [7, 11) is 7.31. The van der Waals surface area contributed by atoms with Gasteiger partial charge < -0.3 is 19.9 Å². The van der Waals surface area contributed by atoms with E-state index >= 15 is 0 Å². The molecule has 1 aliphatic heterocycles. The van der Waals surface area contributed by atoms with Crippen molar-refractivity contribution in [3.8, 4) is 5.75 Å². The van der Waals surface area contributed by atoms with Gasteiger partial charge in [-0.25, -0.2) is 0 Å². The van der Waals surface area contributed by atoms with Crippen LogP contribution in [0.15, 0.2) is 66.7 Å². The Labute approximate surface area is 244 Å². The summed E-state index contributed by atoms with van der Waals surface area (Å²) in [6, 6.07) is 18.9. The van der Waals surface area contributed by atoms with Crippen molar-refractivity contribution in [2.45, 2.75) is 24.4 Å². The molecular weight excluding hydrogens is 551 g/mol. The Kier molecular flexibility index (Phi) is 9.35. The van der Waals surface area contributed by atoms with Crippen LogP contribution >= 0.6 is 23.2 Å². The number of nitrogens with one attached hydrogen (secondary N) is 1. The monoisotopic (exact) mass is 582 g/mol. The van der Waals surface area contributed by atoms with Crippen LogP contribution in [0.3, 0.4) is 0 Å². The van der Waals surface area contributed by atoms with Gasteiger partial charge in [-0.05, 0) is 87.1 Å². The van der Waals surface area contributed by atoms with Gasteiger partial charge in [0, 0.05) is 31.4 Å². The third-order valence-electron chi connectivity index (χ3n) is 6.79. The molecule has 0 spiro atoms. The average molecular weight is 584 g/mol. The van der Waals surface area contributed by atoms with Gasteiger partial charge in [0.2, 0.25) is 0 Å². The lowest BCUT2D eigenvalue weighted by molar-refractivity contribution is -0.130. The summed E-state index contributed by atoms with van der Waals surface area (Å²) in [4.78, 5) is 43.6. The second-order valence-electron chi connectivity index (χ2n) is 9.98. The summed E-state index contributed by atoms with van der Waals surface area (Å²) in [5.41, 5.74) is 2.32. The van der Waals surface area contributed by atoms with Crippen LogP contribution in [0.5, 0.6) is 5.75 Å². The highest BCUT2D eigenvalue weighted by molar-refractivity contribution is 6.34. The summed E-state index contributed by atoms with van der Waals surface area (Å²) >= 11 is 13.0. The molecule has 8 nitrogen and oxygen atoms in total. The first-order valence-corrected chi connectivity index (χ1v) is 13.6. The zero-order chi connectivity index (χ0) is 29.0. The summed E-state index contributed by atoms with van der Waals surface area (Å²) in [5.74, 6) is -0.212. The Hall–Kier alpha value is -3.59. The van der Waals surface area contributed by atoms with Crippen LogP contribution in [-0.4, -0.2) is 67.8 Å². The number of rotatable bonds is 7. The molecule has 0 aromatic heterocycles. The van der Waals surface area contributed by atoms with Gasteiger partial charge in [0.15, 0.2) is 6.61 Å². The average Bonchev–Trinajstić information content (AvgIpc) is 3.07. The van der Waals surface area contributed by atoms with Crippen LogP contribution in [0.2, 0.25) is 5.02 Å². The molecule has 0 saturated heterocycles. The summed E-state index contributed by atoms with van der Waals surface area (Å²) in [6.07, 6.45) is 1.30.